The Balaban J connectivity index is 2.14. The van der Waals surface area contributed by atoms with Gasteiger partial charge in [0.1, 0.15) is 5.82 Å². The first-order valence-corrected chi connectivity index (χ1v) is 6.34. The third-order valence-electron chi connectivity index (χ3n) is 3.52. The van der Waals surface area contributed by atoms with Crippen molar-refractivity contribution in [3.63, 3.8) is 0 Å². The summed E-state index contributed by atoms with van der Waals surface area (Å²) >= 11 is 0. The van der Waals surface area contributed by atoms with Crippen molar-refractivity contribution in [1.82, 2.24) is 10.3 Å². The molecule has 4 nitrogen and oxygen atoms in total. The van der Waals surface area contributed by atoms with E-state index in [-0.39, 0.29) is 5.43 Å². The van der Waals surface area contributed by atoms with Gasteiger partial charge in [-0.3, -0.25) is 4.79 Å². The highest BCUT2D eigenvalue weighted by Crippen LogP contribution is 2.17. The van der Waals surface area contributed by atoms with Gasteiger partial charge in [0.05, 0.1) is 5.52 Å². The van der Waals surface area contributed by atoms with Gasteiger partial charge in [-0.1, -0.05) is 12.1 Å². The van der Waals surface area contributed by atoms with Crippen LogP contribution in [0.3, 0.4) is 0 Å². The Morgan fingerprint density at radius 3 is 2.78 bits per heavy atom. The van der Waals surface area contributed by atoms with Gasteiger partial charge >= 0.3 is 0 Å². The van der Waals surface area contributed by atoms with E-state index in [1.165, 1.54) is 0 Å². The highest BCUT2D eigenvalue weighted by Gasteiger charge is 2.13. The van der Waals surface area contributed by atoms with E-state index < -0.39 is 0 Å². The van der Waals surface area contributed by atoms with E-state index >= 15 is 0 Å². The smallest absolute Gasteiger partial charge is 0.191 e. The number of aromatic amines is 1. The predicted octanol–water partition coefficient (Wildman–Crippen LogP) is 1.25. The Morgan fingerprint density at radius 2 is 2.00 bits per heavy atom. The van der Waals surface area contributed by atoms with Gasteiger partial charge in [-0.05, 0) is 18.6 Å². The molecule has 0 atom stereocenters. The van der Waals surface area contributed by atoms with E-state index in [2.05, 4.69) is 15.2 Å². The number of para-hydroxylation sites is 1. The number of rotatable bonds is 1. The maximum absolute atomic E-state index is 12.1. The average Bonchev–Trinajstić information content (AvgIpc) is 2.41. The summed E-state index contributed by atoms with van der Waals surface area (Å²) in [6.07, 6.45) is 0. The van der Waals surface area contributed by atoms with Crippen LogP contribution in [0.5, 0.6) is 0 Å². The molecule has 2 aromatic rings. The van der Waals surface area contributed by atoms with E-state index in [9.17, 15) is 4.79 Å². The minimum absolute atomic E-state index is 0.0981. The second kappa shape index (κ2) is 4.46. The van der Waals surface area contributed by atoms with Crippen molar-refractivity contribution in [1.29, 1.82) is 0 Å². The standard InChI is InChI=1S/C14H17N3O/c1-10-3-2-4-11-12(18)9-13(16-14(10)11)17-7-5-15-6-8-17/h2-4,9,15H,5-8H2,1H3,(H,16,18). The van der Waals surface area contributed by atoms with E-state index in [0.29, 0.717) is 0 Å². The molecule has 1 fully saturated rings. The zero-order valence-corrected chi connectivity index (χ0v) is 10.5. The summed E-state index contributed by atoms with van der Waals surface area (Å²) in [6, 6.07) is 7.55. The largest absolute Gasteiger partial charge is 0.356 e. The molecule has 0 amide bonds. The van der Waals surface area contributed by atoms with Crippen molar-refractivity contribution in [2.24, 2.45) is 0 Å². The van der Waals surface area contributed by atoms with Gasteiger partial charge in [0.2, 0.25) is 0 Å². The lowest BCUT2D eigenvalue weighted by atomic mass is 10.1. The minimum atomic E-state index is 0.0981. The lowest BCUT2D eigenvalue weighted by Crippen LogP contribution is -2.44. The molecule has 1 aromatic heterocycles. The molecule has 94 valence electrons. The Kier molecular flexibility index (Phi) is 2.80. The summed E-state index contributed by atoms with van der Waals surface area (Å²) < 4.78 is 0. The van der Waals surface area contributed by atoms with Gasteiger partial charge in [-0.15, -0.1) is 0 Å². The number of nitrogens with zero attached hydrogens (tertiary/aromatic N) is 1. The SMILES string of the molecule is Cc1cccc2c(=O)cc(N3CCNCC3)[nH]c12. The molecule has 1 saturated heterocycles. The van der Waals surface area contributed by atoms with E-state index in [1.54, 1.807) is 6.07 Å². The van der Waals surface area contributed by atoms with Gasteiger partial charge in [-0.2, -0.15) is 0 Å². The number of benzene rings is 1. The van der Waals surface area contributed by atoms with Crippen LogP contribution in [-0.4, -0.2) is 31.2 Å². The maximum atomic E-state index is 12.1. The average molecular weight is 243 g/mol. The molecule has 0 bridgehead atoms. The first kappa shape index (κ1) is 11.3. The number of nitrogens with one attached hydrogen (secondary N) is 2. The van der Waals surface area contributed by atoms with Crippen LogP contribution in [-0.2, 0) is 0 Å². The van der Waals surface area contributed by atoms with E-state index in [0.717, 1.165) is 48.5 Å². The summed E-state index contributed by atoms with van der Waals surface area (Å²) in [6.45, 7) is 5.84. The van der Waals surface area contributed by atoms with Crippen LogP contribution in [0, 0.1) is 6.92 Å². The Morgan fingerprint density at radius 1 is 1.22 bits per heavy atom. The van der Waals surface area contributed by atoms with Crippen LogP contribution < -0.4 is 15.6 Å². The molecule has 1 aromatic carbocycles. The quantitative estimate of drug-likeness (QED) is 0.792. The molecule has 1 aliphatic heterocycles. The number of aromatic nitrogens is 1. The van der Waals surface area contributed by atoms with E-state index in [4.69, 9.17) is 0 Å². The molecule has 3 rings (SSSR count). The number of pyridine rings is 1. The lowest BCUT2D eigenvalue weighted by molar-refractivity contribution is 0.585. The fraction of sp³-hybridized carbons (Fsp3) is 0.357. The molecule has 18 heavy (non-hydrogen) atoms. The Labute approximate surface area is 106 Å². The van der Waals surface area contributed by atoms with E-state index in [1.807, 2.05) is 25.1 Å². The molecular weight excluding hydrogens is 226 g/mol. The first-order chi connectivity index (χ1) is 8.75. The predicted molar refractivity (Wildman–Crippen MR) is 74.4 cm³/mol. The van der Waals surface area contributed by atoms with Crippen molar-refractivity contribution < 1.29 is 0 Å². The molecule has 2 N–H and O–H groups in total. The van der Waals surface area contributed by atoms with Crippen molar-refractivity contribution in [2.75, 3.05) is 31.1 Å². The van der Waals surface area contributed by atoms with Crippen LogP contribution >= 0.6 is 0 Å². The summed E-state index contributed by atoms with van der Waals surface area (Å²) in [4.78, 5) is 17.8. The van der Waals surface area contributed by atoms with Gasteiger partial charge in [0.25, 0.3) is 0 Å². The van der Waals surface area contributed by atoms with Crippen molar-refractivity contribution >= 4 is 16.7 Å². The summed E-state index contributed by atoms with van der Waals surface area (Å²) in [5, 5.41) is 4.09. The number of piperazine rings is 1. The zero-order chi connectivity index (χ0) is 12.5. The molecule has 0 aliphatic carbocycles. The Bertz CT molecular complexity index is 626. The third kappa shape index (κ3) is 1.88. The second-order valence-corrected chi connectivity index (χ2v) is 4.75. The van der Waals surface area contributed by atoms with Crippen molar-refractivity contribution in [3.05, 3.63) is 40.1 Å². The third-order valence-corrected chi connectivity index (χ3v) is 3.52. The molecule has 0 spiro atoms. The van der Waals surface area contributed by atoms with Crippen molar-refractivity contribution in [2.45, 2.75) is 6.92 Å². The highest BCUT2D eigenvalue weighted by atomic mass is 16.1. The van der Waals surface area contributed by atoms with Crippen LogP contribution in [0.25, 0.3) is 10.9 Å². The van der Waals surface area contributed by atoms with Crippen LogP contribution in [0.15, 0.2) is 29.1 Å². The van der Waals surface area contributed by atoms with Gasteiger partial charge in [0, 0.05) is 37.6 Å². The second-order valence-electron chi connectivity index (χ2n) is 4.75. The number of H-pyrrole nitrogens is 1. The minimum Gasteiger partial charge on any atom is -0.356 e. The highest BCUT2D eigenvalue weighted by molar-refractivity contribution is 5.83. The molecule has 0 unspecified atom stereocenters. The van der Waals surface area contributed by atoms with Gasteiger partial charge < -0.3 is 15.2 Å². The molecule has 0 saturated carbocycles. The number of anilines is 1. The monoisotopic (exact) mass is 243 g/mol. The Hall–Kier alpha value is -1.81. The fourth-order valence-corrected chi connectivity index (χ4v) is 2.48. The molecule has 4 heteroatoms. The summed E-state index contributed by atoms with van der Waals surface area (Å²) in [5.41, 5.74) is 2.17. The number of hydrogen-bond donors (Lipinski definition) is 2. The number of fused-ring (bicyclic) bond motifs is 1. The molecular formula is C14H17N3O. The fourth-order valence-electron chi connectivity index (χ4n) is 2.48. The van der Waals surface area contributed by atoms with Gasteiger partial charge in [-0.25, -0.2) is 0 Å². The van der Waals surface area contributed by atoms with Gasteiger partial charge in [0.15, 0.2) is 5.43 Å². The maximum Gasteiger partial charge on any atom is 0.191 e. The number of aryl methyl sites for hydroxylation is 1. The van der Waals surface area contributed by atoms with Crippen LogP contribution in [0.4, 0.5) is 5.82 Å². The molecule has 1 aliphatic rings. The van der Waals surface area contributed by atoms with Crippen LogP contribution in [0.1, 0.15) is 5.56 Å². The summed E-state index contributed by atoms with van der Waals surface area (Å²) in [5.74, 6) is 0.934. The number of hydrogen-bond acceptors (Lipinski definition) is 3. The zero-order valence-electron chi connectivity index (χ0n) is 10.5. The first-order valence-electron chi connectivity index (χ1n) is 6.34. The normalized spacial score (nSPS) is 16.2. The van der Waals surface area contributed by atoms with Crippen LogP contribution in [0.2, 0.25) is 0 Å². The lowest BCUT2D eigenvalue weighted by Gasteiger charge is -2.29. The topological polar surface area (TPSA) is 48.1 Å². The molecule has 0 radical (unpaired) electrons. The van der Waals surface area contributed by atoms with Crippen molar-refractivity contribution in [3.8, 4) is 0 Å². The molecule has 2 heterocycles. The summed E-state index contributed by atoms with van der Waals surface area (Å²) in [7, 11) is 0.